The van der Waals surface area contributed by atoms with Crippen LogP contribution >= 0.6 is 0 Å². The lowest BCUT2D eigenvalue weighted by Crippen LogP contribution is -2.50. The summed E-state index contributed by atoms with van der Waals surface area (Å²) in [6, 6.07) is 0.0650. The molecule has 3 rings (SSSR count). The Morgan fingerprint density at radius 2 is 1.86 bits per heavy atom. The summed E-state index contributed by atoms with van der Waals surface area (Å²) >= 11 is 0. The molecule has 0 aromatic heterocycles. The van der Waals surface area contributed by atoms with Gasteiger partial charge in [0.05, 0.1) is 6.10 Å². The van der Waals surface area contributed by atoms with Crippen molar-refractivity contribution in [3.8, 4) is 0 Å². The number of carbonyl (C=O) groups excluding carboxylic acids is 2. The molecule has 0 bridgehead atoms. The summed E-state index contributed by atoms with van der Waals surface area (Å²) in [5.74, 6) is 0.612. The van der Waals surface area contributed by atoms with Crippen molar-refractivity contribution in [3.63, 3.8) is 0 Å². The Morgan fingerprint density at radius 3 is 2.48 bits per heavy atom. The first kappa shape index (κ1) is 14.6. The molecule has 2 N–H and O–H groups in total. The van der Waals surface area contributed by atoms with E-state index in [1.807, 2.05) is 4.90 Å². The van der Waals surface area contributed by atoms with Crippen LogP contribution in [-0.2, 0) is 9.53 Å². The quantitative estimate of drug-likeness (QED) is 0.808. The van der Waals surface area contributed by atoms with E-state index in [-0.39, 0.29) is 18.2 Å². The largest absolute Gasteiger partial charge is 0.376 e. The Morgan fingerprint density at radius 1 is 1.10 bits per heavy atom. The predicted octanol–water partition coefficient (Wildman–Crippen LogP) is 0.866. The maximum absolute atomic E-state index is 12.0. The number of carbonyl (C=O) groups is 2. The number of piperidine rings is 1. The fourth-order valence-electron chi connectivity index (χ4n) is 3.08. The van der Waals surface area contributed by atoms with E-state index >= 15 is 0 Å². The van der Waals surface area contributed by atoms with Gasteiger partial charge in [-0.25, -0.2) is 4.79 Å². The van der Waals surface area contributed by atoms with Crippen LogP contribution in [0.2, 0.25) is 0 Å². The molecular formula is C15H25N3O3. The van der Waals surface area contributed by atoms with E-state index < -0.39 is 0 Å². The molecular weight excluding hydrogens is 270 g/mol. The molecule has 0 spiro atoms. The third kappa shape index (κ3) is 4.09. The van der Waals surface area contributed by atoms with Crippen molar-refractivity contribution in [2.24, 2.45) is 5.92 Å². The number of nitrogens with one attached hydrogen (secondary N) is 2. The van der Waals surface area contributed by atoms with Gasteiger partial charge in [-0.05, 0) is 38.5 Å². The van der Waals surface area contributed by atoms with Gasteiger partial charge in [0.25, 0.3) is 0 Å². The van der Waals surface area contributed by atoms with Crippen LogP contribution in [0.4, 0.5) is 4.79 Å². The lowest BCUT2D eigenvalue weighted by atomic mass is 10.0. The Bertz CT molecular complexity index is 384. The summed E-state index contributed by atoms with van der Waals surface area (Å²) in [5.41, 5.74) is 0. The second kappa shape index (κ2) is 6.64. The zero-order valence-corrected chi connectivity index (χ0v) is 12.5. The molecule has 2 aliphatic heterocycles. The summed E-state index contributed by atoms with van der Waals surface area (Å²) in [6.45, 7) is 2.93. The normalized spacial score (nSPS) is 26.7. The molecule has 3 aliphatic rings. The van der Waals surface area contributed by atoms with Crippen molar-refractivity contribution in [2.75, 3.05) is 26.2 Å². The summed E-state index contributed by atoms with van der Waals surface area (Å²) < 4.78 is 5.48. The molecule has 3 amide bonds. The number of rotatable bonds is 4. The van der Waals surface area contributed by atoms with E-state index in [4.69, 9.17) is 4.74 Å². The number of hydrogen-bond acceptors (Lipinski definition) is 3. The van der Waals surface area contributed by atoms with Crippen LogP contribution in [-0.4, -0.2) is 55.2 Å². The highest BCUT2D eigenvalue weighted by Crippen LogP contribution is 2.31. The SMILES string of the molecule is O=C(NCC1CCCO1)NC1CCN(C(=O)C2CC2)CC1. The van der Waals surface area contributed by atoms with Gasteiger partial charge in [-0.1, -0.05) is 0 Å². The second-order valence-electron chi connectivity index (χ2n) is 6.36. The Labute approximate surface area is 125 Å². The molecule has 2 saturated heterocycles. The fraction of sp³-hybridized carbons (Fsp3) is 0.867. The third-order valence-corrected chi connectivity index (χ3v) is 4.58. The van der Waals surface area contributed by atoms with E-state index in [2.05, 4.69) is 10.6 Å². The van der Waals surface area contributed by atoms with E-state index in [9.17, 15) is 9.59 Å². The van der Waals surface area contributed by atoms with Crippen LogP contribution in [0.3, 0.4) is 0 Å². The van der Waals surface area contributed by atoms with Gasteiger partial charge in [-0.2, -0.15) is 0 Å². The monoisotopic (exact) mass is 295 g/mol. The van der Waals surface area contributed by atoms with Crippen LogP contribution in [0.5, 0.6) is 0 Å². The van der Waals surface area contributed by atoms with Gasteiger partial charge in [0, 0.05) is 38.2 Å². The first-order chi connectivity index (χ1) is 10.2. The first-order valence-electron chi connectivity index (χ1n) is 8.17. The highest BCUT2D eigenvalue weighted by Gasteiger charge is 2.35. The highest BCUT2D eigenvalue weighted by atomic mass is 16.5. The minimum absolute atomic E-state index is 0.113. The molecule has 3 fully saturated rings. The summed E-state index contributed by atoms with van der Waals surface area (Å²) in [5, 5.41) is 5.88. The minimum Gasteiger partial charge on any atom is -0.376 e. The molecule has 0 aromatic carbocycles. The average Bonchev–Trinajstić information content (AvgIpc) is 3.22. The molecule has 118 valence electrons. The summed E-state index contributed by atoms with van der Waals surface area (Å²) in [7, 11) is 0. The van der Waals surface area contributed by atoms with Gasteiger partial charge in [0.1, 0.15) is 0 Å². The van der Waals surface area contributed by atoms with Crippen molar-refractivity contribution in [2.45, 2.75) is 50.7 Å². The van der Waals surface area contributed by atoms with Crippen molar-refractivity contribution < 1.29 is 14.3 Å². The maximum Gasteiger partial charge on any atom is 0.315 e. The van der Waals surface area contributed by atoms with Gasteiger partial charge in [-0.3, -0.25) is 4.79 Å². The van der Waals surface area contributed by atoms with Crippen LogP contribution in [0.15, 0.2) is 0 Å². The standard InChI is InChI=1S/C15H25N3O3/c19-14(11-3-4-11)18-7-5-12(6-8-18)17-15(20)16-10-13-2-1-9-21-13/h11-13H,1-10H2,(H2,16,17,20). The van der Waals surface area contributed by atoms with E-state index in [1.165, 1.54) is 0 Å². The van der Waals surface area contributed by atoms with Gasteiger partial charge >= 0.3 is 6.03 Å². The minimum atomic E-state index is -0.113. The molecule has 2 heterocycles. The number of urea groups is 1. The van der Waals surface area contributed by atoms with E-state index in [0.717, 1.165) is 58.2 Å². The Balaban J connectivity index is 1.32. The molecule has 6 heteroatoms. The molecule has 0 radical (unpaired) electrons. The number of ether oxygens (including phenoxy) is 1. The van der Waals surface area contributed by atoms with Crippen molar-refractivity contribution in [1.82, 2.24) is 15.5 Å². The Hall–Kier alpha value is -1.30. The fourth-order valence-corrected chi connectivity index (χ4v) is 3.08. The number of nitrogens with zero attached hydrogens (tertiary/aromatic N) is 1. The average molecular weight is 295 g/mol. The van der Waals surface area contributed by atoms with Gasteiger partial charge in [0.2, 0.25) is 5.91 Å². The molecule has 0 aromatic rings. The molecule has 21 heavy (non-hydrogen) atoms. The number of hydrogen-bond donors (Lipinski definition) is 2. The predicted molar refractivity (Wildman–Crippen MR) is 77.8 cm³/mol. The maximum atomic E-state index is 12.0. The number of likely N-dealkylation sites (tertiary alicyclic amines) is 1. The molecule has 6 nitrogen and oxygen atoms in total. The number of amides is 3. The topological polar surface area (TPSA) is 70.7 Å². The van der Waals surface area contributed by atoms with Crippen molar-refractivity contribution >= 4 is 11.9 Å². The van der Waals surface area contributed by atoms with Gasteiger partial charge in [0.15, 0.2) is 0 Å². The first-order valence-corrected chi connectivity index (χ1v) is 8.17. The third-order valence-electron chi connectivity index (χ3n) is 4.58. The van der Waals surface area contributed by atoms with E-state index in [1.54, 1.807) is 0 Å². The smallest absolute Gasteiger partial charge is 0.315 e. The lowest BCUT2D eigenvalue weighted by molar-refractivity contribution is -0.133. The molecule has 1 saturated carbocycles. The summed E-state index contributed by atoms with van der Waals surface area (Å²) in [6.07, 6.45) is 6.11. The van der Waals surface area contributed by atoms with Crippen LogP contribution in [0.25, 0.3) is 0 Å². The van der Waals surface area contributed by atoms with Crippen molar-refractivity contribution in [1.29, 1.82) is 0 Å². The van der Waals surface area contributed by atoms with Crippen molar-refractivity contribution in [3.05, 3.63) is 0 Å². The van der Waals surface area contributed by atoms with Crippen LogP contribution in [0.1, 0.15) is 38.5 Å². The van der Waals surface area contributed by atoms with E-state index in [0.29, 0.717) is 18.4 Å². The van der Waals surface area contributed by atoms with Gasteiger partial charge in [-0.15, -0.1) is 0 Å². The van der Waals surface area contributed by atoms with Crippen LogP contribution in [0, 0.1) is 5.92 Å². The molecule has 1 atom stereocenters. The molecule has 1 aliphatic carbocycles. The van der Waals surface area contributed by atoms with Crippen LogP contribution < -0.4 is 10.6 Å². The molecule has 1 unspecified atom stereocenters. The zero-order chi connectivity index (χ0) is 14.7. The lowest BCUT2D eigenvalue weighted by Gasteiger charge is -2.32. The second-order valence-corrected chi connectivity index (χ2v) is 6.36. The summed E-state index contributed by atoms with van der Waals surface area (Å²) in [4.78, 5) is 25.8. The highest BCUT2D eigenvalue weighted by molar-refractivity contribution is 5.81. The Kier molecular flexibility index (Phi) is 4.63. The zero-order valence-electron chi connectivity index (χ0n) is 12.5. The van der Waals surface area contributed by atoms with Gasteiger partial charge < -0.3 is 20.3 Å².